The van der Waals surface area contributed by atoms with E-state index in [1.165, 1.54) is 14.0 Å². The summed E-state index contributed by atoms with van der Waals surface area (Å²) in [7, 11) is 1.30. The lowest BCUT2D eigenvalue weighted by Crippen LogP contribution is -2.47. The fourth-order valence-electron chi connectivity index (χ4n) is 1.51. The monoisotopic (exact) mass is 215 g/mol. The Morgan fingerprint density at radius 1 is 1.33 bits per heavy atom. The van der Waals surface area contributed by atoms with Gasteiger partial charge in [0.25, 0.3) is 0 Å². The van der Waals surface area contributed by atoms with Crippen molar-refractivity contribution < 1.29 is 14.3 Å². The Hall–Kier alpha value is -1.06. The molecule has 0 radical (unpaired) electrons. The zero-order valence-electron chi connectivity index (χ0n) is 10.0. The molecule has 0 aromatic rings. The van der Waals surface area contributed by atoms with Crippen LogP contribution in [0.4, 0.5) is 4.79 Å². The molecular weight excluding hydrogens is 194 g/mol. The Morgan fingerprint density at radius 2 is 1.87 bits per heavy atom. The number of alkyl carbamates (subject to hydrolysis) is 1. The SMILES string of the molecule is CC.COC(=O)NC(C(C)=O)C1CCC1. The number of ketones is 1. The van der Waals surface area contributed by atoms with Gasteiger partial charge in [-0.2, -0.15) is 0 Å². The van der Waals surface area contributed by atoms with Crippen molar-refractivity contribution in [3.05, 3.63) is 0 Å². The van der Waals surface area contributed by atoms with Crippen LogP contribution in [0.3, 0.4) is 0 Å². The Kier molecular flexibility index (Phi) is 6.75. The number of nitrogens with one attached hydrogen (secondary N) is 1. The summed E-state index contributed by atoms with van der Waals surface area (Å²) in [5.74, 6) is 0.326. The highest BCUT2D eigenvalue weighted by molar-refractivity contribution is 5.85. The Morgan fingerprint density at radius 3 is 2.13 bits per heavy atom. The predicted molar refractivity (Wildman–Crippen MR) is 58.7 cm³/mol. The Bertz CT molecular complexity index is 212. The molecule has 1 rings (SSSR count). The van der Waals surface area contributed by atoms with Crippen LogP contribution in [0.5, 0.6) is 0 Å². The van der Waals surface area contributed by atoms with Crippen molar-refractivity contribution in [1.29, 1.82) is 0 Å². The molecule has 1 amide bonds. The zero-order valence-corrected chi connectivity index (χ0v) is 10.0. The number of hydrogen-bond acceptors (Lipinski definition) is 3. The summed E-state index contributed by atoms with van der Waals surface area (Å²) in [5.41, 5.74) is 0. The molecule has 0 spiro atoms. The maximum Gasteiger partial charge on any atom is 0.407 e. The van der Waals surface area contributed by atoms with Crippen molar-refractivity contribution in [1.82, 2.24) is 5.32 Å². The number of rotatable bonds is 3. The average molecular weight is 215 g/mol. The van der Waals surface area contributed by atoms with Gasteiger partial charge in [-0.15, -0.1) is 0 Å². The normalized spacial score (nSPS) is 16.5. The van der Waals surface area contributed by atoms with Crippen LogP contribution in [-0.2, 0) is 9.53 Å². The van der Waals surface area contributed by atoms with E-state index in [4.69, 9.17) is 0 Å². The molecule has 1 fully saturated rings. The Labute approximate surface area is 91.4 Å². The number of hydrogen-bond donors (Lipinski definition) is 1. The van der Waals surface area contributed by atoms with Crippen molar-refractivity contribution >= 4 is 11.9 Å². The highest BCUT2D eigenvalue weighted by atomic mass is 16.5. The van der Waals surface area contributed by atoms with Gasteiger partial charge < -0.3 is 10.1 Å². The number of carbonyl (C=O) groups excluding carboxylic acids is 2. The van der Waals surface area contributed by atoms with Crippen LogP contribution in [0.1, 0.15) is 40.0 Å². The largest absolute Gasteiger partial charge is 0.453 e. The van der Waals surface area contributed by atoms with Crippen molar-refractivity contribution in [2.24, 2.45) is 5.92 Å². The van der Waals surface area contributed by atoms with Gasteiger partial charge in [-0.25, -0.2) is 4.79 Å². The van der Waals surface area contributed by atoms with Gasteiger partial charge in [0.1, 0.15) is 0 Å². The average Bonchev–Trinajstić information content (AvgIpc) is 2.16. The second kappa shape index (κ2) is 7.26. The predicted octanol–water partition coefficient (Wildman–Crippen LogP) is 2.13. The second-order valence-electron chi connectivity index (χ2n) is 3.42. The smallest absolute Gasteiger partial charge is 0.407 e. The third-order valence-electron chi connectivity index (χ3n) is 2.52. The van der Waals surface area contributed by atoms with Crippen molar-refractivity contribution in [3.8, 4) is 0 Å². The lowest BCUT2D eigenvalue weighted by Gasteiger charge is -2.32. The van der Waals surface area contributed by atoms with Gasteiger partial charge >= 0.3 is 6.09 Å². The summed E-state index contributed by atoms with van der Waals surface area (Å²) in [6, 6.07) is -0.346. The summed E-state index contributed by atoms with van der Waals surface area (Å²) in [6.07, 6.45) is 2.67. The summed E-state index contributed by atoms with van der Waals surface area (Å²) in [4.78, 5) is 22.0. The van der Waals surface area contributed by atoms with E-state index in [9.17, 15) is 9.59 Å². The third kappa shape index (κ3) is 4.32. The van der Waals surface area contributed by atoms with E-state index in [2.05, 4.69) is 10.1 Å². The topological polar surface area (TPSA) is 55.4 Å². The molecule has 88 valence electrons. The van der Waals surface area contributed by atoms with Crippen molar-refractivity contribution in [3.63, 3.8) is 0 Å². The van der Waals surface area contributed by atoms with E-state index < -0.39 is 6.09 Å². The molecule has 0 saturated heterocycles. The van der Waals surface area contributed by atoms with Gasteiger partial charge in [0.05, 0.1) is 13.2 Å². The quantitative estimate of drug-likeness (QED) is 0.784. The first-order valence-corrected chi connectivity index (χ1v) is 5.50. The molecule has 0 bridgehead atoms. The molecular formula is C11H21NO3. The third-order valence-corrected chi connectivity index (χ3v) is 2.52. The van der Waals surface area contributed by atoms with E-state index >= 15 is 0 Å². The summed E-state index contributed by atoms with van der Waals surface area (Å²) >= 11 is 0. The van der Waals surface area contributed by atoms with Gasteiger partial charge in [0.15, 0.2) is 5.78 Å². The summed E-state index contributed by atoms with van der Waals surface area (Å²) in [6.45, 7) is 5.50. The van der Waals surface area contributed by atoms with Crippen LogP contribution < -0.4 is 5.32 Å². The first-order chi connectivity index (χ1) is 7.15. The molecule has 1 N–H and O–H groups in total. The summed E-state index contributed by atoms with van der Waals surface area (Å²) < 4.78 is 4.45. The van der Waals surface area contributed by atoms with Crippen LogP contribution in [0.2, 0.25) is 0 Å². The molecule has 4 nitrogen and oxygen atoms in total. The van der Waals surface area contributed by atoms with Gasteiger partial charge in [-0.1, -0.05) is 20.3 Å². The maximum absolute atomic E-state index is 11.2. The number of amides is 1. The molecule has 0 aromatic carbocycles. The van der Waals surface area contributed by atoms with E-state index in [0.717, 1.165) is 19.3 Å². The van der Waals surface area contributed by atoms with Crippen LogP contribution in [-0.4, -0.2) is 25.0 Å². The molecule has 1 saturated carbocycles. The fourth-order valence-corrected chi connectivity index (χ4v) is 1.51. The molecule has 0 aromatic heterocycles. The molecule has 1 aliphatic rings. The highest BCUT2D eigenvalue weighted by Crippen LogP contribution is 2.29. The number of carbonyl (C=O) groups is 2. The molecule has 15 heavy (non-hydrogen) atoms. The number of methoxy groups -OCH3 is 1. The van der Waals surface area contributed by atoms with Crippen molar-refractivity contribution in [2.75, 3.05) is 7.11 Å². The first-order valence-electron chi connectivity index (χ1n) is 5.50. The number of ether oxygens (including phenoxy) is 1. The van der Waals surface area contributed by atoms with E-state index in [-0.39, 0.29) is 11.8 Å². The molecule has 0 heterocycles. The van der Waals surface area contributed by atoms with Crippen LogP contribution in [0.25, 0.3) is 0 Å². The first kappa shape index (κ1) is 13.9. The lowest BCUT2D eigenvalue weighted by atomic mass is 9.78. The lowest BCUT2D eigenvalue weighted by molar-refractivity contribution is -0.120. The molecule has 0 aliphatic heterocycles. The molecule has 1 atom stereocenters. The van der Waals surface area contributed by atoms with Crippen LogP contribution in [0.15, 0.2) is 0 Å². The minimum absolute atomic E-state index is 0.00935. The van der Waals surface area contributed by atoms with E-state index in [0.29, 0.717) is 5.92 Å². The van der Waals surface area contributed by atoms with E-state index in [1.807, 2.05) is 13.8 Å². The molecule has 1 unspecified atom stereocenters. The fraction of sp³-hybridized carbons (Fsp3) is 0.818. The maximum atomic E-state index is 11.2. The van der Waals surface area contributed by atoms with Gasteiger partial charge in [-0.3, -0.25) is 4.79 Å². The molecule has 4 heteroatoms. The summed E-state index contributed by atoms with van der Waals surface area (Å²) in [5, 5.41) is 2.56. The van der Waals surface area contributed by atoms with Gasteiger partial charge in [0, 0.05) is 0 Å². The second-order valence-corrected chi connectivity index (χ2v) is 3.42. The standard InChI is InChI=1S/C9H15NO3.C2H6/c1-6(11)8(7-4-3-5-7)10-9(12)13-2;1-2/h7-8H,3-5H2,1-2H3,(H,10,12);1-2H3. The van der Waals surface area contributed by atoms with Gasteiger partial charge in [-0.05, 0) is 25.7 Å². The highest BCUT2D eigenvalue weighted by Gasteiger charge is 2.31. The minimum atomic E-state index is -0.521. The minimum Gasteiger partial charge on any atom is -0.453 e. The van der Waals surface area contributed by atoms with Crippen LogP contribution in [0, 0.1) is 5.92 Å². The number of Topliss-reactive ketones (excluding diaryl/α,β-unsaturated/α-hetero) is 1. The van der Waals surface area contributed by atoms with Crippen LogP contribution >= 0.6 is 0 Å². The Balaban J connectivity index is 0.000000921. The van der Waals surface area contributed by atoms with Crippen molar-refractivity contribution in [2.45, 2.75) is 46.1 Å². The zero-order chi connectivity index (χ0) is 11.8. The molecule has 1 aliphatic carbocycles. The van der Waals surface area contributed by atoms with Gasteiger partial charge in [0.2, 0.25) is 0 Å². The van der Waals surface area contributed by atoms with E-state index in [1.54, 1.807) is 0 Å².